The van der Waals surface area contributed by atoms with Gasteiger partial charge in [0, 0.05) is 25.7 Å². The van der Waals surface area contributed by atoms with Gasteiger partial charge in [-0.05, 0) is 43.4 Å². The molecule has 0 radical (unpaired) electrons. The molecule has 1 amide bonds. The van der Waals surface area contributed by atoms with Crippen LogP contribution < -0.4 is 0 Å². The van der Waals surface area contributed by atoms with E-state index < -0.39 is 11.8 Å². The van der Waals surface area contributed by atoms with Crippen LogP contribution in [0.5, 0.6) is 0 Å². The number of nitrogens with zero attached hydrogens (tertiary/aromatic N) is 3. The Morgan fingerprint density at radius 1 is 1.28 bits per heavy atom. The number of piperidine rings is 1. The van der Waals surface area contributed by atoms with E-state index in [0.29, 0.717) is 25.2 Å². The van der Waals surface area contributed by atoms with Crippen LogP contribution in [0.2, 0.25) is 0 Å². The molecular formula is C18H20FN3O3. The maximum Gasteiger partial charge on any atom is 0.303 e. The molecule has 1 N–H and O–H groups in total. The third kappa shape index (κ3) is 4.04. The maximum atomic E-state index is 13.8. The largest absolute Gasteiger partial charge is 0.481 e. The quantitative estimate of drug-likeness (QED) is 0.904. The van der Waals surface area contributed by atoms with E-state index in [4.69, 9.17) is 5.11 Å². The van der Waals surface area contributed by atoms with Crippen LogP contribution in [0, 0.1) is 11.7 Å². The highest BCUT2D eigenvalue weighted by Gasteiger charge is 2.26. The number of aliphatic carboxylic acids is 1. The lowest BCUT2D eigenvalue weighted by Gasteiger charge is -2.32. The number of carboxylic acid groups (broad SMARTS) is 1. The average Bonchev–Trinajstić information content (AvgIpc) is 3.10. The smallest absolute Gasteiger partial charge is 0.303 e. The Kier molecular flexibility index (Phi) is 5.11. The SMILES string of the molecule is O=C(O)CCC1CCCN(C(=O)c2ccn(-c3ccccc3F)n2)C1. The number of hydrogen-bond donors (Lipinski definition) is 1. The second-order valence-electron chi connectivity index (χ2n) is 6.29. The Balaban J connectivity index is 1.69. The fourth-order valence-electron chi connectivity index (χ4n) is 3.18. The van der Waals surface area contributed by atoms with Crippen molar-refractivity contribution in [2.45, 2.75) is 25.7 Å². The predicted molar refractivity (Wildman–Crippen MR) is 89.0 cm³/mol. The van der Waals surface area contributed by atoms with Gasteiger partial charge in [-0.2, -0.15) is 5.10 Å². The van der Waals surface area contributed by atoms with Crippen molar-refractivity contribution < 1.29 is 19.1 Å². The molecule has 1 aliphatic heterocycles. The van der Waals surface area contributed by atoms with E-state index >= 15 is 0 Å². The first-order chi connectivity index (χ1) is 12.0. The number of carbonyl (C=O) groups excluding carboxylic acids is 1. The Morgan fingerprint density at radius 2 is 2.08 bits per heavy atom. The zero-order chi connectivity index (χ0) is 17.8. The maximum absolute atomic E-state index is 13.8. The van der Waals surface area contributed by atoms with Crippen LogP contribution in [-0.4, -0.2) is 44.8 Å². The lowest BCUT2D eigenvalue weighted by atomic mass is 9.93. The van der Waals surface area contributed by atoms with Crippen LogP contribution in [0.4, 0.5) is 4.39 Å². The minimum absolute atomic E-state index is 0.120. The minimum Gasteiger partial charge on any atom is -0.481 e. The average molecular weight is 345 g/mol. The number of halogens is 1. The van der Waals surface area contributed by atoms with E-state index in [1.54, 1.807) is 35.4 Å². The summed E-state index contributed by atoms with van der Waals surface area (Å²) in [7, 11) is 0. The van der Waals surface area contributed by atoms with Gasteiger partial charge in [-0.25, -0.2) is 9.07 Å². The van der Waals surface area contributed by atoms with E-state index in [-0.39, 0.29) is 23.9 Å². The summed E-state index contributed by atoms with van der Waals surface area (Å²) in [6, 6.07) is 7.82. The first-order valence-electron chi connectivity index (χ1n) is 8.36. The summed E-state index contributed by atoms with van der Waals surface area (Å²) in [5.74, 6) is -1.22. The number of benzene rings is 1. The first kappa shape index (κ1) is 17.1. The van der Waals surface area contributed by atoms with Crippen LogP contribution in [-0.2, 0) is 4.79 Å². The minimum atomic E-state index is -0.813. The second-order valence-corrected chi connectivity index (χ2v) is 6.29. The summed E-state index contributed by atoms with van der Waals surface area (Å²) >= 11 is 0. The number of carboxylic acids is 1. The van der Waals surface area contributed by atoms with Gasteiger partial charge >= 0.3 is 5.97 Å². The zero-order valence-electron chi connectivity index (χ0n) is 13.8. The Hall–Kier alpha value is -2.70. The van der Waals surface area contributed by atoms with Gasteiger partial charge in [0.05, 0.1) is 0 Å². The van der Waals surface area contributed by atoms with Gasteiger partial charge in [0.15, 0.2) is 5.69 Å². The number of amides is 1. The Morgan fingerprint density at radius 3 is 2.84 bits per heavy atom. The van der Waals surface area contributed by atoms with Crippen molar-refractivity contribution in [1.29, 1.82) is 0 Å². The Labute approximate surface area is 144 Å². The van der Waals surface area contributed by atoms with Gasteiger partial charge in [-0.15, -0.1) is 0 Å². The molecule has 1 fully saturated rings. The second kappa shape index (κ2) is 7.46. The molecule has 1 aromatic heterocycles. The molecule has 1 saturated heterocycles. The van der Waals surface area contributed by atoms with E-state index in [2.05, 4.69) is 5.10 Å². The van der Waals surface area contributed by atoms with Crippen molar-refractivity contribution in [2.75, 3.05) is 13.1 Å². The number of para-hydroxylation sites is 1. The molecule has 1 unspecified atom stereocenters. The van der Waals surface area contributed by atoms with Crippen molar-refractivity contribution in [3.05, 3.63) is 48.0 Å². The van der Waals surface area contributed by atoms with Crippen LogP contribution in [0.1, 0.15) is 36.2 Å². The van der Waals surface area contributed by atoms with Gasteiger partial charge in [0.1, 0.15) is 11.5 Å². The summed E-state index contributed by atoms with van der Waals surface area (Å²) in [5, 5.41) is 13.0. The van der Waals surface area contributed by atoms with Gasteiger partial charge in [0.2, 0.25) is 0 Å². The van der Waals surface area contributed by atoms with Gasteiger partial charge in [-0.3, -0.25) is 9.59 Å². The fourth-order valence-corrected chi connectivity index (χ4v) is 3.18. The lowest BCUT2D eigenvalue weighted by Crippen LogP contribution is -2.40. The van der Waals surface area contributed by atoms with Crippen LogP contribution >= 0.6 is 0 Å². The van der Waals surface area contributed by atoms with E-state index in [9.17, 15) is 14.0 Å². The molecule has 2 heterocycles. The normalized spacial score (nSPS) is 17.5. The summed E-state index contributed by atoms with van der Waals surface area (Å²) < 4.78 is 15.2. The van der Waals surface area contributed by atoms with Gasteiger partial charge in [0.25, 0.3) is 5.91 Å². The highest BCUT2D eigenvalue weighted by molar-refractivity contribution is 5.92. The van der Waals surface area contributed by atoms with Crippen molar-refractivity contribution in [3.8, 4) is 5.69 Å². The number of hydrogen-bond acceptors (Lipinski definition) is 3. The van der Waals surface area contributed by atoms with E-state index in [0.717, 1.165) is 12.8 Å². The third-order valence-corrected chi connectivity index (χ3v) is 4.48. The molecule has 7 heteroatoms. The van der Waals surface area contributed by atoms with E-state index in [1.165, 1.54) is 10.7 Å². The molecule has 1 aliphatic rings. The molecule has 1 aromatic carbocycles. The topological polar surface area (TPSA) is 75.4 Å². The molecular weight excluding hydrogens is 325 g/mol. The number of rotatable bonds is 5. The standard InChI is InChI=1S/C18H20FN3O3/c19-14-5-1-2-6-16(14)22-11-9-15(20-22)18(25)21-10-3-4-13(12-21)7-8-17(23)24/h1-2,5-6,9,11,13H,3-4,7-8,10,12H2,(H,23,24). The summed E-state index contributed by atoms with van der Waals surface area (Å²) in [6.45, 7) is 1.17. The predicted octanol–water partition coefficient (Wildman–Crippen LogP) is 2.73. The highest BCUT2D eigenvalue weighted by Crippen LogP contribution is 2.22. The lowest BCUT2D eigenvalue weighted by molar-refractivity contribution is -0.137. The molecule has 132 valence electrons. The fraction of sp³-hybridized carbons (Fsp3) is 0.389. The van der Waals surface area contributed by atoms with E-state index in [1.807, 2.05) is 0 Å². The van der Waals surface area contributed by atoms with Crippen LogP contribution in [0.25, 0.3) is 5.69 Å². The first-order valence-corrected chi connectivity index (χ1v) is 8.36. The molecule has 6 nitrogen and oxygen atoms in total. The Bertz CT molecular complexity index is 774. The zero-order valence-corrected chi connectivity index (χ0v) is 13.8. The van der Waals surface area contributed by atoms with Crippen molar-refractivity contribution in [2.24, 2.45) is 5.92 Å². The van der Waals surface area contributed by atoms with Crippen LogP contribution in [0.15, 0.2) is 36.5 Å². The van der Waals surface area contributed by atoms with Crippen molar-refractivity contribution >= 4 is 11.9 Å². The number of carbonyl (C=O) groups is 2. The molecule has 0 bridgehead atoms. The highest BCUT2D eigenvalue weighted by atomic mass is 19.1. The number of likely N-dealkylation sites (tertiary alicyclic amines) is 1. The summed E-state index contributed by atoms with van der Waals surface area (Å²) in [5.41, 5.74) is 0.557. The summed E-state index contributed by atoms with van der Waals surface area (Å²) in [4.78, 5) is 25.1. The molecule has 0 spiro atoms. The molecule has 3 rings (SSSR count). The van der Waals surface area contributed by atoms with Gasteiger partial charge in [-0.1, -0.05) is 12.1 Å². The monoisotopic (exact) mass is 345 g/mol. The van der Waals surface area contributed by atoms with Crippen molar-refractivity contribution in [1.82, 2.24) is 14.7 Å². The third-order valence-electron chi connectivity index (χ3n) is 4.48. The van der Waals surface area contributed by atoms with Gasteiger partial charge < -0.3 is 10.0 Å². The molecule has 0 aliphatic carbocycles. The number of aromatic nitrogens is 2. The molecule has 25 heavy (non-hydrogen) atoms. The van der Waals surface area contributed by atoms with Crippen molar-refractivity contribution in [3.63, 3.8) is 0 Å². The summed E-state index contributed by atoms with van der Waals surface area (Å²) in [6.07, 6.45) is 4.04. The molecule has 1 atom stereocenters. The molecule has 0 saturated carbocycles. The molecule has 2 aromatic rings. The van der Waals surface area contributed by atoms with Crippen LogP contribution in [0.3, 0.4) is 0 Å².